The molecule has 0 saturated carbocycles. The van der Waals surface area contributed by atoms with E-state index in [2.05, 4.69) is 52.8 Å². The Hall–Kier alpha value is -1.43. The van der Waals surface area contributed by atoms with Gasteiger partial charge in [0.15, 0.2) is 0 Å². The second-order valence-corrected chi connectivity index (χ2v) is 7.18. The quantitative estimate of drug-likeness (QED) is 0.825. The van der Waals surface area contributed by atoms with E-state index in [1.807, 2.05) is 0 Å². The van der Waals surface area contributed by atoms with E-state index in [9.17, 15) is 4.79 Å². The number of benzene rings is 1. The fourth-order valence-electron chi connectivity index (χ4n) is 3.80. The van der Waals surface area contributed by atoms with Gasteiger partial charge in [0.1, 0.15) is 0 Å². The van der Waals surface area contributed by atoms with Gasteiger partial charge in [-0.25, -0.2) is 0 Å². The minimum Gasteiger partial charge on any atom is -0.373 e. The van der Waals surface area contributed by atoms with Crippen LogP contribution in [0.1, 0.15) is 31.7 Å². The summed E-state index contributed by atoms with van der Waals surface area (Å²) in [5.74, 6) is 0.358. The van der Waals surface area contributed by atoms with Crippen molar-refractivity contribution < 1.29 is 9.53 Å². The number of carbonyl (C=O) groups excluding carboxylic acids is 1. The number of carbonyl (C=O) groups is 1. The van der Waals surface area contributed by atoms with E-state index in [-0.39, 0.29) is 24.0 Å². The molecule has 2 N–H and O–H groups in total. The van der Waals surface area contributed by atoms with Crippen LogP contribution in [-0.2, 0) is 16.1 Å². The summed E-state index contributed by atoms with van der Waals surface area (Å²) in [6.07, 6.45) is 2.86. The molecule has 0 radical (unpaired) electrons. The van der Waals surface area contributed by atoms with Crippen LogP contribution < -0.4 is 10.6 Å². The minimum absolute atomic E-state index is 0.0770. The Labute approximate surface area is 151 Å². The number of amides is 1. The highest BCUT2D eigenvalue weighted by molar-refractivity contribution is 5.79. The summed E-state index contributed by atoms with van der Waals surface area (Å²) in [6.45, 7) is 7.52. The first-order valence-corrected chi connectivity index (χ1v) is 9.65. The maximum atomic E-state index is 12.6. The van der Waals surface area contributed by atoms with Crippen molar-refractivity contribution >= 4 is 5.91 Å². The van der Waals surface area contributed by atoms with E-state index in [4.69, 9.17) is 4.74 Å². The smallest absolute Gasteiger partial charge is 0.223 e. The third kappa shape index (κ3) is 5.27. The van der Waals surface area contributed by atoms with Gasteiger partial charge in [0.2, 0.25) is 5.91 Å². The Bertz CT molecular complexity index is 531. The van der Waals surface area contributed by atoms with Crippen LogP contribution in [0.3, 0.4) is 0 Å². The molecule has 0 aromatic heterocycles. The zero-order chi connectivity index (χ0) is 17.5. The number of nitrogens with zero attached hydrogens (tertiary/aromatic N) is 1. The van der Waals surface area contributed by atoms with Crippen molar-refractivity contribution in [3.63, 3.8) is 0 Å². The zero-order valence-electron chi connectivity index (χ0n) is 15.2. The molecule has 2 heterocycles. The average molecular weight is 345 g/mol. The van der Waals surface area contributed by atoms with Crippen molar-refractivity contribution in [2.24, 2.45) is 5.92 Å². The van der Waals surface area contributed by atoms with Gasteiger partial charge in [-0.05, 0) is 37.9 Å². The Kier molecular flexibility index (Phi) is 6.84. The highest BCUT2D eigenvalue weighted by Gasteiger charge is 2.30. The van der Waals surface area contributed by atoms with Crippen molar-refractivity contribution in [3.8, 4) is 0 Å². The van der Waals surface area contributed by atoms with Gasteiger partial charge in [0, 0.05) is 25.6 Å². The number of hydrogen-bond acceptors (Lipinski definition) is 4. The molecule has 0 aliphatic carbocycles. The molecule has 0 bridgehead atoms. The fourth-order valence-corrected chi connectivity index (χ4v) is 3.80. The number of morpholine rings is 1. The predicted molar refractivity (Wildman–Crippen MR) is 99.3 cm³/mol. The topological polar surface area (TPSA) is 53.6 Å². The number of ether oxygens (including phenoxy) is 1. The summed E-state index contributed by atoms with van der Waals surface area (Å²) >= 11 is 0. The molecule has 5 nitrogen and oxygen atoms in total. The van der Waals surface area contributed by atoms with Gasteiger partial charge in [0.25, 0.3) is 0 Å². The molecule has 2 atom stereocenters. The summed E-state index contributed by atoms with van der Waals surface area (Å²) in [5.41, 5.74) is 1.33. The maximum absolute atomic E-state index is 12.6. The molecule has 2 aliphatic rings. The molecular formula is C20H31N3O2. The summed E-state index contributed by atoms with van der Waals surface area (Å²) in [5, 5.41) is 6.59. The van der Waals surface area contributed by atoms with Crippen LogP contribution in [0.15, 0.2) is 30.3 Å². The fraction of sp³-hybridized carbons (Fsp3) is 0.650. The van der Waals surface area contributed by atoms with Crippen LogP contribution in [-0.4, -0.2) is 55.7 Å². The lowest BCUT2D eigenvalue weighted by molar-refractivity contribution is -0.129. The monoisotopic (exact) mass is 345 g/mol. The lowest BCUT2D eigenvalue weighted by Crippen LogP contribution is -2.54. The average Bonchev–Trinajstić information content (AvgIpc) is 2.67. The second kappa shape index (κ2) is 9.32. The first kappa shape index (κ1) is 18.4. The Morgan fingerprint density at radius 2 is 2.08 bits per heavy atom. The molecule has 2 saturated heterocycles. The summed E-state index contributed by atoms with van der Waals surface area (Å²) in [4.78, 5) is 15.0. The van der Waals surface area contributed by atoms with Gasteiger partial charge in [-0.3, -0.25) is 9.69 Å². The molecule has 138 valence electrons. The van der Waals surface area contributed by atoms with Gasteiger partial charge >= 0.3 is 0 Å². The van der Waals surface area contributed by atoms with Crippen LogP contribution in [0.2, 0.25) is 0 Å². The van der Waals surface area contributed by atoms with Crippen LogP contribution in [0.4, 0.5) is 0 Å². The number of nitrogens with one attached hydrogen (secondary N) is 2. The molecule has 1 aromatic carbocycles. The highest BCUT2D eigenvalue weighted by atomic mass is 16.5. The van der Waals surface area contributed by atoms with E-state index in [0.717, 1.165) is 58.6 Å². The third-order valence-electron chi connectivity index (χ3n) is 5.35. The molecule has 2 aliphatic heterocycles. The van der Waals surface area contributed by atoms with Crippen molar-refractivity contribution in [1.82, 2.24) is 15.5 Å². The van der Waals surface area contributed by atoms with Gasteiger partial charge in [-0.1, -0.05) is 37.3 Å². The molecule has 5 heteroatoms. The van der Waals surface area contributed by atoms with Crippen molar-refractivity contribution in [1.29, 1.82) is 0 Å². The third-order valence-corrected chi connectivity index (χ3v) is 5.35. The van der Waals surface area contributed by atoms with E-state index in [1.54, 1.807) is 0 Å². The van der Waals surface area contributed by atoms with Crippen molar-refractivity contribution in [2.45, 2.75) is 44.9 Å². The summed E-state index contributed by atoms with van der Waals surface area (Å²) in [7, 11) is 0. The van der Waals surface area contributed by atoms with Crippen LogP contribution >= 0.6 is 0 Å². The van der Waals surface area contributed by atoms with Gasteiger partial charge in [0.05, 0.1) is 18.8 Å². The molecular weight excluding hydrogens is 314 g/mol. The Morgan fingerprint density at radius 3 is 2.80 bits per heavy atom. The molecule has 3 rings (SSSR count). The number of piperidine rings is 1. The number of hydrogen-bond donors (Lipinski definition) is 2. The first-order chi connectivity index (χ1) is 12.3. The maximum Gasteiger partial charge on any atom is 0.223 e. The van der Waals surface area contributed by atoms with Crippen LogP contribution in [0.25, 0.3) is 0 Å². The Morgan fingerprint density at radius 1 is 1.32 bits per heavy atom. The largest absolute Gasteiger partial charge is 0.373 e. The van der Waals surface area contributed by atoms with Gasteiger partial charge in [-0.15, -0.1) is 0 Å². The van der Waals surface area contributed by atoms with Crippen LogP contribution in [0, 0.1) is 5.92 Å². The molecule has 1 aromatic rings. The first-order valence-electron chi connectivity index (χ1n) is 9.65. The van der Waals surface area contributed by atoms with E-state index < -0.39 is 0 Å². The standard InChI is InChI=1S/C20H31N3O2/c1-2-18(22-20(24)17-8-10-21-11-9-17)19-15-23(12-13-25-19)14-16-6-4-3-5-7-16/h3-7,17-19,21H,2,8-15H2,1H3,(H,22,24)/t18-,19-/m1/s1. The number of rotatable bonds is 6. The van der Waals surface area contributed by atoms with Crippen LogP contribution in [0.5, 0.6) is 0 Å². The molecule has 0 spiro atoms. The lowest BCUT2D eigenvalue weighted by Gasteiger charge is -2.37. The SMILES string of the molecule is CC[C@@H](NC(=O)C1CCNCC1)[C@H]1CN(Cc2ccccc2)CCO1. The van der Waals surface area contributed by atoms with Crippen molar-refractivity contribution in [2.75, 3.05) is 32.8 Å². The van der Waals surface area contributed by atoms with E-state index >= 15 is 0 Å². The van der Waals surface area contributed by atoms with Crippen molar-refractivity contribution in [3.05, 3.63) is 35.9 Å². The predicted octanol–water partition coefficient (Wildman–Crippen LogP) is 1.78. The molecule has 2 fully saturated rings. The van der Waals surface area contributed by atoms with Gasteiger partial charge < -0.3 is 15.4 Å². The lowest BCUT2D eigenvalue weighted by atomic mass is 9.96. The second-order valence-electron chi connectivity index (χ2n) is 7.18. The zero-order valence-corrected chi connectivity index (χ0v) is 15.2. The molecule has 25 heavy (non-hydrogen) atoms. The minimum atomic E-state index is 0.0770. The van der Waals surface area contributed by atoms with E-state index in [0.29, 0.717) is 0 Å². The Balaban J connectivity index is 1.53. The highest BCUT2D eigenvalue weighted by Crippen LogP contribution is 2.17. The normalized spacial score (nSPS) is 24.0. The van der Waals surface area contributed by atoms with Gasteiger partial charge in [-0.2, -0.15) is 0 Å². The van der Waals surface area contributed by atoms with E-state index in [1.165, 1.54) is 5.56 Å². The molecule has 1 amide bonds. The summed E-state index contributed by atoms with van der Waals surface area (Å²) < 4.78 is 6.02. The molecule has 0 unspecified atom stereocenters. The summed E-state index contributed by atoms with van der Waals surface area (Å²) in [6, 6.07) is 10.7.